The Balaban J connectivity index is 2.75. The van der Waals surface area contributed by atoms with E-state index in [4.69, 9.17) is 15.7 Å². The molecule has 0 radical (unpaired) electrons. The molecule has 0 aromatic heterocycles. The second-order valence-corrected chi connectivity index (χ2v) is 5.18. The molecule has 0 saturated carbocycles. The Kier molecular flexibility index (Phi) is 4.53. The van der Waals surface area contributed by atoms with Gasteiger partial charge in [0.05, 0.1) is 18.5 Å². The van der Waals surface area contributed by atoms with Crippen molar-refractivity contribution < 1.29 is 4.74 Å². The quantitative estimate of drug-likeness (QED) is 0.868. The predicted octanol–water partition coefficient (Wildman–Crippen LogP) is 2.60. The molecule has 0 saturated heterocycles. The van der Waals surface area contributed by atoms with E-state index < -0.39 is 0 Å². The zero-order chi connectivity index (χ0) is 12.9. The minimum atomic E-state index is -0.229. The third-order valence-electron chi connectivity index (χ3n) is 2.50. The highest BCUT2D eigenvalue weighted by atomic mass is 16.5. The molecule has 0 aliphatic carbocycles. The minimum Gasteiger partial charge on any atom is -0.492 e. The average molecular weight is 232 g/mol. The van der Waals surface area contributed by atoms with Crippen molar-refractivity contribution in [2.45, 2.75) is 38.6 Å². The second kappa shape index (κ2) is 5.70. The molecule has 92 valence electrons. The Morgan fingerprint density at radius 2 is 2.00 bits per heavy atom. The van der Waals surface area contributed by atoms with Crippen LogP contribution in [0.5, 0.6) is 5.75 Å². The molecule has 0 fully saturated rings. The molecule has 0 amide bonds. The first-order chi connectivity index (χ1) is 7.95. The maximum Gasteiger partial charge on any atom is 0.123 e. The van der Waals surface area contributed by atoms with Crippen LogP contribution in [0.4, 0.5) is 0 Å². The van der Waals surface area contributed by atoms with Gasteiger partial charge in [0.2, 0.25) is 0 Å². The number of hydrogen-bond acceptors (Lipinski definition) is 3. The number of ether oxygens (including phenoxy) is 1. The van der Waals surface area contributed by atoms with Crippen LogP contribution in [-0.2, 0) is 5.41 Å². The van der Waals surface area contributed by atoms with E-state index in [0.717, 1.165) is 11.3 Å². The first-order valence-electron chi connectivity index (χ1n) is 5.80. The Hall–Kier alpha value is -1.53. The molecule has 1 rings (SSSR count). The SMILES string of the molecule is CC(C)(C)c1ccccc1OCC(N)CC#N. The summed E-state index contributed by atoms with van der Waals surface area (Å²) in [6.45, 7) is 6.81. The molecule has 3 heteroatoms. The number of para-hydroxylation sites is 1. The van der Waals surface area contributed by atoms with E-state index in [2.05, 4.69) is 26.8 Å². The molecule has 1 aromatic rings. The van der Waals surface area contributed by atoms with Crippen molar-refractivity contribution in [2.24, 2.45) is 5.73 Å². The molecule has 17 heavy (non-hydrogen) atoms. The fourth-order valence-electron chi connectivity index (χ4n) is 1.59. The summed E-state index contributed by atoms with van der Waals surface area (Å²) in [7, 11) is 0. The number of hydrogen-bond donors (Lipinski definition) is 1. The lowest BCUT2D eigenvalue weighted by Gasteiger charge is -2.23. The van der Waals surface area contributed by atoms with E-state index in [1.807, 2.05) is 24.3 Å². The number of benzene rings is 1. The molecule has 3 nitrogen and oxygen atoms in total. The molecule has 0 heterocycles. The van der Waals surface area contributed by atoms with E-state index in [1.54, 1.807) is 0 Å². The van der Waals surface area contributed by atoms with Gasteiger partial charge in [-0.1, -0.05) is 39.0 Å². The van der Waals surface area contributed by atoms with Gasteiger partial charge in [0.15, 0.2) is 0 Å². The second-order valence-electron chi connectivity index (χ2n) is 5.18. The Labute approximate surface area is 103 Å². The standard InChI is InChI=1S/C14H20N2O/c1-14(2,3)12-6-4-5-7-13(12)17-10-11(16)8-9-15/h4-7,11H,8,10,16H2,1-3H3. The van der Waals surface area contributed by atoms with Crippen LogP contribution in [-0.4, -0.2) is 12.6 Å². The molecule has 0 aliphatic heterocycles. The van der Waals surface area contributed by atoms with E-state index >= 15 is 0 Å². The van der Waals surface area contributed by atoms with Gasteiger partial charge in [-0.2, -0.15) is 5.26 Å². The van der Waals surface area contributed by atoms with Gasteiger partial charge >= 0.3 is 0 Å². The van der Waals surface area contributed by atoms with Gasteiger partial charge in [-0.15, -0.1) is 0 Å². The molecule has 2 N–H and O–H groups in total. The lowest BCUT2D eigenvalue weighted by molar-refractivity contribution is 0.283. The summed E-state index contributed by atoms with van der Waals surface area (Å²) in [6, 6.07) is 9.77. The van der Waals surface area contributed by atoms with Crippen molar-refractivity contribution in [2.75, 3.05) is 6.61 Å². The zero-order valence-electron chi connectivity index (χ0n) is 10.7. The lowest BCUT2D eigenvalue weighted by atomic mass is 9.86. The van der Waals surface area contributed by atoms with Crippen LogP contribution in [0.2, 0.25) is 0 Å². The molecular formula is C14H20N2O. The van der Waals surface area contributed by atoms with Crippen LogP contribution in [0.3, 0.4) is 0 Å². The molecule has 0 spiro atoms. The smallest absolute Gasteiger partial charge is 0.123 e. The largest absolute Gasteiger partial charge is 0.492 e. The number of nitrogens with zero attached hydrogens (tertiary/aromatic N) is 1. The summed E-state index contributed by atoms with van der Waals surface area (Å²) in [6.07, 6.45) is 0.317. The van der Waals surface area contributed by atoms with Crippen molar-refractivity contribution in [3.8, 4) is 11.8 Å². The van der Waals surface area contributed by atoms with Crippen LogP contribution >= 0.6 is 0 Å². The van der Waals surface area contributed by atoms with Crippen molar-refractivity contribution >= 4 is 0 Å². The van der Waals surface area contributed by atoms with Gasteiger partial charge in [0.25, 0.3) is 0 Å². The van der Waals surface area contributed by atoms with Gasteiger partial charge in [0, 0.05) is 0 Å². The fourth-order valence-corrected chi connectivity index (χ4v) is 1.59. The maximum atomic E-state index is 8.53. The van der Waals surface area contributed by atoms with Gasteiger partial charge < -0.3 is 10.5 Å². The van der Waals surface area contributed by atoms with Crippen molar-refractivity contribution in [3.63, 3.8) is 0 Å². The lowest BCUT2D eigenvalue weighted by Crippen LogP contribution is -2.28. The molecular weight excluding hydrogens is 212 g/mol. The summed E-state index contributed by atoms with van der Waals surface area (Å²) >= 11 is 0. The van der Waals surface area contributed by atoms with Crippen molar-refractivity contribution in [3.05, 3.63) is 29.8 Å². The topological polar surface area (TPSA) is 59.0 Å². The van der Waals surface area contributed by atoms with E-state index in [1.165, 1.54) is 0 Å². The van der Waals surface area contributed by atoms with E-state index in [0.29, 0.717) is 13.0 Å². The van der Waals surface area contributed by atoms with Crippen LogP contribution in [0.1, 0.15) is 32.8 Å². The molecule has 1 atom stereocenters. The fraction of sp³-hybridized carbons (Fsp3) is 0.500. The highest BCUT2D eigenvalue weighted by Gasteiger charge is 2.18. The number of rotatable bonds is 4. The molecule has 0 bridgehead atoms. The van der Waals surface area contributed by atoms with E-state index in [9.17, 15) is 0 Å². The third-order valence-corrected chi connectivity index (χ3v) is 2.50. The van der Waals surface area contributed by atoms with Gasteiger partial charge in [0.1, 0.15) is 12.4 Å². The Morgan fingerprint density at radius 3 is 2.59 bits per heavy atom. The summed E-state index contributed by atoms with van der Waals surface area (Å²) in [5, 5.41) is 8.53. The zero-order valence-corrected chi connectivity index (χ0v) is 10.7. The summed E-state index contributed by atoms with van der Waals surface area (Å²) in [4.78, 5) is 0. The van der Waals surface area contributed by atoms with Crippen LogP contribution in [0.15, 0.2) is 24.3 Å². The van der Waals surface area contributed by atoms with E-state index in [-0.39, 0.29) is 11.5 Å². The normalized spacial score (nSPS) is 12.9. The van der Waals surface area contributed by atoms with Crippen LogP contribution in [0, 0.1) is 11.3 Å². The Morgan fingerprint density at radius 1 is 1.35 bits per heavy atom. The number of nitriles is 1. The third kappa shape index (κ3) is 4.08. The highest BCUT2D eigenvalue weighted by molar-refractivity contribution is 5.38. The highest BCUT2D eigenvalue weighted by Crippen LogP contribution is 2.30. The molecule has 1 unspecified atom stereocenters. The summed E-state index contributed by atoms with van der Waals surface area (Å²) < 4.78 is 5.70. The monoisotopic (exact) mass is 232 g/mol. The van der Waals surface area contributed by atoms with Crippen molar-refractivity contribution in [1.29, 1.82) is 5.26 Å². The van der Waals surface area contributed by atoms with Crippen molar-refractivity contribution in [1.82, 2.24) is 0 Å². The van der Waals surface area contributed by atoms with Gasteiger partial charge in [-0.05, 0) is 17.0 Å². The first-order valence-corrected chi connectivity index (χ1v) is 5.80. The van der Waals surface area contributed by atoms with Gasteiger partial charge in [-0.3, -0.25) is 0 Å². The van der Waals surface area contributed by atoms with Crippen LogP contribution < -0.4 is 10.5 Å². The average Bonchev–Trinajstić information content (AvgIpc) is 2.26. The van der Waals surface area contributed by atoms with Crippen LogP contribution in [0.25, 0.3) is 0 Å². The maximum absolute atomic E-state index is 8.53. The molecule has 1 aromatic carbocycles. The predicted molar refractivity (Wildman–Crippen MR) is 68.8 cm³/mol. The van der Waals surface area contributed by atoms with Gasteiger partial charge in [-0.25, -0.2) is 0 Å². The summed E-state index contributed by atoms with van der Waals surface area (Å²) in [5.74, 6) is 0.855. The molecule has 0 aliphatic rings. The number of nitrogens with two attached hydrogens (primary N) is 1. The minimum absolute atomic E-state index is 0.0376. The first kappa shape index (κ1) is 13.5. The Bertz CT molecular complexity index is 401. The summed E-state index contributed by atoms with van der Waals surface area (Å²) in [5.41, 5.74) is 6.94.